The Morgan fingerprint density at radius 3 is 2.37 bits per heavy atom. The summed E-state index contributed by atoms with van der Waals surface area (Å²) in [6, 6.07) is 17.1. The summed E-state index contributed by atoms with van der Waals surface area (Å²) < 4.78 is 5.14. The van der Waals surface area contributed by atoms with E-state index in [-0.39, 0.29) is 30.7 Å². The molecule has 7 heteroatoms. The number of fused-ring (bicyclic) bond motifs is 1. The maximum atomic E-state index is 12.5. The summed E-state index contributed by atoms with van der Waals surface area (Å²) in [7, 11) is 0. The number of carbonyl (C=O) groups excluding carboxylic acids is 3. The van der Waals surface area contributed by atoms with Crippen molar-refractivity contribution in [1.82, 2.24) is 15.1 Å². The quantitative estimate of drug-likeness (QED) is 0.705. The van der Waals surface area contributed by atoms with Crippen LogP contribution in [-0.4, -0.2) is 60.2 Å². The van der Waals surface area contributed by atoms with Crippen molar-refractivity contribution < 1.29 is 18.8 Å². The predicted molar refractivity (Wildman–Crippen MR) is 112 cm³/mol. The van der Waals surface area contributed by atoms with Crippen molar-refractivity contribution in [3.63, 3.8) is 0 Å². The molecule has 0 saturated carbocycles. The van der Waals surface area contributed by atoms with Crippen LogP contribution in [0.4, 0.5) is 0 Å². The Morgan fingerprint density at radius 2 is 1.60 bits per heavy atom. The molecule has 1 aliphatic heterocycles. The molecule has 0 aliphatic carbocycles. The number of amides is 3. The van der Waals surface area contributed by atoms with E-state index in [1.807, 2.05) is 42.5 Å². The summed E-state index contributed by atoms with van der Waals surface area (Å²) in [5, 5.41) is 4.85. The number of hydrogen-bond acceptors (Lipinski definition) is 4. The van der Waals surface area contributed by atoms with E-state index in [4.69, 9.17) is 4.42 Å². The smallest absolute Gasteiger partial charge is 0.289 e. The summed E-state index contributed by atoms with van der Waals surface area (Å²) in [4.78, 5) is 40.5. The normalized spacial score (nSPS) is 14.0. The van der Waals surface area contributed by atoms with Crippen molar-refractivity contribution in [2.24, 2.45) is 0 Å². The molecule has 7 nitrogen and oxygen atoms in total. The molecule has 154 valence electrons. The highest BCUT2D eigenvalue weighted by molar-refractivity contribution is 5.92. The predicted octanol–water partition coefficient (Wildman–Crippen LogP) is 2.08. The van der Waals surface area contributed by atoms with Crippen LogP contribution in [0.5, 0.6) is 0 Å². The fraction of sp³-hybridized carbons (Fsp3) is 0.261. The molecule has 1 aromatic heterocycles. The van der Waals surface area contributed by atoms with E-state index in [1.54, 1.807) is 21.9 Å². The topological polar surface area (TPSA) is 82.9 Å². The third-order valence-electron chi connectivity index (χ3n) is 5.32. The van der Waals surface area contributed by atoms with E-state index in [1.165, 1.54) is 6.26 Å². The number of benzene rings is 2. The highest BCUT2D eigenvalue weighted by Crippen LogP contribution is 2.18. The van der Waals surface area contributed by atoms with Gasteiger partial charge in [-0.15, -0.1) is 0 Å². The van der Waals surface area contributed by atoms with Gasteiger partial charge in [0, 0.05) is 26.2 Å². The Hall–Kier alpha value is -3.61. The first-order valence-corrected chi connectivity index (χ1v) is 9.96. The molecule has 3 aromatic rings. The molecule has 0 bridgehead atoms. The first-order valence-electron chi connectivity index (χ1n) is 9.96. The Labute approximate surface area is 174 Å². The van der Waals surface area contributed by atoms with Gasteiger partial charge >= 0.3 is 0 Å². The van der Waals surface area contributed by atoms with Gasteiger partial charge in [-0.1, -0.05) is 42.5 Å². The number of furan rings is 1. The van der Waals surface area contributed by atoms with Gasteiger partial charge < -0.3 is 19.5 Å². The third kappa shape index (κ3) is 4.35. The van der Waals surface area contributed by atoms with Gasteiger partial charge in [-0.05, 0) is 28.5 Å². The first-order chi connectivity index (χ1) is 14.6. The third-order valence-corrected chi connectivity index (χ3v) is 5.32. The molecule has 2 aromatic carbocycles. The molecular weight excluding hydrogens is 382 g/mol. The van der Waals surface area contributed by atoms with Gasteiger partial charge in [0.2, 0.25) is 11.8 Å². The van der Waals surface area contributed by atoms with Crippen LogP contribution in [-0.2, 0) is 16.0 Å². The molecule has 0 spiro atoms. The molecule has 0 atom stereocenters. The van der Waals surface area contributed by atoms with Gasteiger partial charge in [-0.25, -0.2) is 0 Å². The summed E-state index contributed by atoms with van der Waals surface area (Å²) in [6.45, 7) is 1.70. The van der Waals surface area contributed by atoms with Crippen LogP contribution in [0.3, 0.4) is 0 Å². The lowest BCUT2D eigenvalue weighted by Gasteiger charge is -2.34. The van der Waals surface area contributed by atoms with Crippen molar-refractivity contribution in [2.45, 2.75) is 6.42 Å². The van der Waals surface area contributed by atoms with Gasteiger partial charge in [0.15, 0.2) is 5.76 Å². The molecule has 0 radical (unpaired) electrons. The molecule has 0 unspecified atom stereocenters. The van der Waals surface area contributed by atoms with E-state index in [0.29, 0.717) is 31.9 Å². The number of rotatable bonds is 5. The molecule has 1 saturated heterocycles. The second-order valence-corrected chi connectivity index (χ2v) is 7.24. The molecule has 30 heavy (non-hydrogen) atoms. The lowest BCUT2D eigenvalue weighted by Crippen LogP contribution is -2.52. The maximum absolute atomic E-state index is 12.5. The largest absolute Gasteiger partial charge is 0.459 e. The maximum Gasteiger partial charge on any atom is 0.289 e. The highest BCUT2D eigenvalue weighted by atomic mass is 16.3. The van der Waals surface area contributed by atoms with E-state index in [2.05, 4.69) is 5.32 Å². The minimum absolute atomic E-state index is 0.0459. The highest BCUT2D eigenvalue weighted by Gasteiger charge is 2.26. The number of carbonyl (C=O) groups is 3. The molecular formula is C23H23N3O4. The Morgan fingerprint density at radius 1 is 0.867 bits per heavy atom. The Bertz CT molecular complexity index is 1050. The molecule has 2 heterocycles. The monoisotopic (exact) mass is 405 g/mol. The average molecular weight is 405 g/mol. The molecule has 4 rings (SSSR count). The lowest BCUT2D eigenvalue weighted by atomic mass is 10.0. The van der Waals surface area contributed by atoms with Gasteiger partial charge in [0.05, 0.1) is 19.2 Å². The van der Waals surface area contributed by atoms with E-state index >= 15 is 0 Å². The summed E-state index contributed by atoms with van der Waals surface area (Å²) in [6.07, 6.45) is 1.69. The summed E-state index contributed by atoms with van der Waals surface area (Å²) >= 11 is 0. The zero-order valence-corrected chi connectivity index (χ0v) is 16.5. The van der Waals surface area contributed by atoms with Crippen molar-refractivity contribution >= 4 is 28.5 Å². The van der Waals surface area contributed by atoms with Crippen LogP contribution in [0.15, 0.2) is 65.3 Å². The van der Waals surface area contributed by atoms with Crippen LogP contribution in [0.2, 0.25) is 0 Å². The second kappa shape index (κ2) is 8.82. The summed E-state index contributed by atoms with van der Waals surface area (Å²) in [5.74, 6) is -0.205. The van der Waals surface area contributed by atoms with Crippen molar-refractivity contribution in [3.05, 3.63) is 72.2 Å². The average Bonchev–Trinajstić information content (AvgIpc) is 3.32. The van der Waals surface area contributed by atoms with Crippen molar-refractivity contribution in [3.8, 4) is 0 Å². The van der Waals surface area contributed by atoms with E-state index < -0.39 is 0 Å². The Kier molecular flexibility index (Phi) is 5.79. The van der Waals surface area contributed by atoms with Gasteiger partial charge in [0.25, 0.3) is 5.91 Å². The minimum atomic E-state index is -0.189. The minimum Gasteiger partial charge on any atom is -0.459 e. The fourth-order valence-electron chi connectivity index (χ4n) is 3.68. The second-order valence-electron chi connectivity index (χ2n) is 7.24. The van der Waals surface area contributed by atoms with E-state index in [0.717, 1.165) is 16.3 Å². The van der Waals surface area contributed by atoms with Gasteiger partial charge in [-0.3, -0.25) is 14.4 Å². The number of nitrogens with one attached hydrogen (secondary N) is 1. The van der Waals surface area contributed by atoms with Crippen molar-refractivity contribution in [1.29, 1.82) is 0 Å². The molecule has 3 amide bonds. The number of nitrogens with zero attached hydrogens (tertiary/aromatic N) is 2. The molecule has 1 aliphatic rings. The van der Waals surface area contributed by atoms with Crippen LogP contribution in [0, 0.1) is 0 Å². The number of piperazine rings is 1. The van der Waals surface area contributed by atoms with Crippen LogP contribution < -0.4 is 5.32 Å². The lowest BCUT2D eigenvalue weighted by molar-refractivity contribution is -0.133. The SMILES string of the molecule is O=C(Cc1cccc2ccccc12)NCC(=O)N1CCN(C(=O)c2ccco2)CC1. The van der Waals surface area contributed by atoms with Crippen molar-refractivity contribution in [2.75, 3.05) is 32.7 Å². The van der Waals surface area contributed by atoms with Crippen LogP contribution in [0.25, 0.3) is 10.8 Å². The van der Waals surface area contributed by atoms with E-state index in [9.17, 15) is 14.4 Å². The number of hydrogen-bond donors (Lipinski definition) is 1. The van der Waals surface area contributed by atoms with Gasteiger partial charge in [-0.2, -0.15) is 0 Å². The first kappa shape index (κ1) is 19.7. The molecule has 1 fully saturated rings. The van der Waals surface area contributed by atoms with Gasteiger partial charge in [0.1, 0.15) is 0 Å². The Balaban J connectivity index is 1.26. The van der Waals surface area contributed by atoms with Crippen LogP contribution in [0.1, 0.15) is 16.1 Å². The van der Waals surface area contributed by atoms with Crippen LogP contribution >= 0.6 is 0 Å². The zero-order chi connectivity index (χ0) is 20.9. The molecule has 1 N–H and O–H groups in total. The standard InChI is InChI=1S/C23H23N3O4/c27-21(15-18-7-3-6-17-5-1-2-8-19(17)18)24-16-22(28)25-10-12-26(13-11-25)23(29)20-9-4-14-30-20/h1-9,14H,10-13,15-16H2,(H,24,27). The zero-order valence-electron chi connectivity index (χ0n) is 16.5. The summed E-state index contributed by atoms with van der Waals surface area (Å²) in [5.41, 5.74) is 0.933. The fourth-order valence-corrected chi connectivity index (χ4v) is 3.68.